The standard InChI is InChI=1S/C24H14ClN3O5S/c25-15-6-3-12(4-7-15)20(29)18-19(14-2-1-9-26-11-14)28(22(31)21(18)30)24-27-16-8-5-13(23(32)33)10-17(16)34-24/h1-11,19,29H,(H,32,33)/b20-18+. The Morgan fingerprint density at radius 2 is 1.76 bits per heavy atom. The van der Waals surface area contributed by atoms with Crippen LogP contribution in [-0.4, -0.2) is 37.8 Å². The van der Waals surface area contributed by atoms with E-state index in [1.807, 2.05) is 0 Å². The van der Waals surface area contributed by atoms with E-state index in [4.69, 9.17) is 11.6 Å². The highest BCUT2D eigenvalue weighted by Gasteiger charge is 2.48. The van der Waals surface area contributed by atoms with Gasteiger partial charge >= 0.3 is 11.9 Å². The number of hydrogen-bond donors (Lipinski definition) is 2. The summed E-state index contributed by atoms with van der Waals surface area (Å²) in [6, 6.07) is 13.0. The molecule has 34 heavy (non-hydrogen) atoms. The Kier molecular flexibility index (Phi) is 5.35. The minimum absolute atomic E-state index is 0.0799. The van der Waals surface area contributed by atoms with Crippen molar-refractivity contribution in [3.8, 4) is 0 Å². The number of aliphatic hydroxyl groups excluding tert-OH is 1. The van der Waals surface area contributed by atoms with Gasteiger partial charge in [0.2, 0.25) is 0 Å². The average Bonchev–Trinajstić information content (AvgIpc) is 3.37. The van der Waals surface area contributed by atoms with Crippen molar-refractivity contribution in [3.63, 3.8) is 0 Å². The van der Waals surface area contributed by atoms with Gasteiger partial charge in [-0.05, 0) is 54.1 Å². The molecule has 0 saturated carbocycles. The van der Waals surface area contributed by atoms with Crippen LogP contribution in [0.15, 0.2) is 72.6 Å². The molecule has 1 aliphatic heterocycles. The van der Waals surface area contributed by atoms with Crippen molar-refractivity contribution in [2.45, 2.75) is 6.04 Å². The second-order valence-electron chi connectivity index (χ2n) is 7.45. The largest absolute Gasteiger partial charge is 0.507 e. The van der Waals surface area contributed by atoms with Crippen LogP contribution >= 0.6 is 22.9 Å². The summed E-state index contributed by atoms with van der Waals surface area (Å²) in [4.78, 5) is 47.5. The van der Waals surface area contributed by atoms with Crippen LogP contribution in [0.3, 0.4) is 0 Å². The molecule has 168 valence electrons. The molecule has 0 bridgehead atoms. The van der Waals surface area contributed by atoms with E-state index in [2.05, 4.69) is 9.97 Å². The fourth-order valence-corrected chi connectivity index (χ4v) is 4.95. The number of aromatic carboxylic acids is 1. The maximum Gasteiger partial charge on any atom is 0.335 e. The zero-order chi connectivity index (χ0) is 24.0. The summed E-state index contributed by atoms with van der Waals surface area (Å²) in [7, 11) is 0. The summed E-state index contributed by atoms with van der Waals surface area (Å²) in [5.41, 5.74) is 1.28. The molecule has 0 spiro atoms. The number of anilines is 1. The predicted molar refractivity (Wildman–Crippen MR) is 127 cm³/mol. The van der Waals surface area contributed by atoms with E-state index in [9.17, 15) is 24.6 Å². The number of ketones is 1. The lowest BCUT2D eigenvalue weighted by Crippen LogP contribution is -2.29. The molecule has 1 fully saturated rings. The number of carboxylic acids is 1. The van der Waals surface area contributed by atoms with E-state index >= 15 is 0 Å². The number of carbonyl (C=O) groups excluding carboxylic acids is 2. The molecule has 3 heterocycles. The Labute approximate surface area is 201 Å². The zero-order valence-corrected chi connectivity index (χ0v) is 18.7. The van der Waals surface area contributed by atoms with Crippen LogP contribution in [0.5, 0.6) is 0 Å². The lowest BCUT2D eigenvalue weighted by atomic mass is 9.96. The van der Waals surface area contributed by atoms with Crippen LogP contribution < -0.4 is 4.90 Å². The molecule has 1 unspecified atom stereocenters. The number of nitrogens with zero attached hydrogens (tertiary/aromatic N) is 3. The first-order valence-electron chi connectivity index (χ1n) is 9.96. The van der Waals surface area contributed by atoms with Crippen LogP contribution in [0.4, 0.5) is 5.13 Å². The highest BCUT2D eigenvalue weighted by atomic mass is 35.5. The van der Waals surface area contributed by atoms with Crippen molar-refractivity contribution in [2.75, 3.05) is 4.90 Å². The molecule has 0 radical (unpaired) electrons. The number of fused-ring (bicyclic) bond motifs is 1. The minimum atomic E-state index is -1.09. The smallest absolute Gasteiger partial charge is 0.335 e. The Morgan fingerprint density at radius 1 is 1.03 bits per heavy atom. The van der Waals surface area contributed by atoms with Gasteiger partial charge in [-0.25, -0.2) is 9.78 Å². The van der Waals surface area contributed by atoms with Gasteiger partial charge in [0.1, 0.15) is 5.76 Å². The molecule has 8 nitrogen and oxygen atoms in total. The molecule has 0 aliphatic carbocycles. The van der Waals surface area contributed by atoms with E-state index in [0.717, 1.165) is 11.3 Å². The second-order valence-corrected chi connectivity index (χ2v) is 8.89. The number of aromatic nitrogens is 2. The van der Waals surface area contributed by atoms with Gasteiger partial charge < -0.3 is 10.2 Å². The Bertz CT molecular complexity index is 1500. The summed E-state index contributed by atoms with van der Waals surface area (Å²) in [5, 5.41) is 21.0. The van der Waals surface area contributed by atoms with Gasteiger partial charge in [0.15, 0.2) is 5.13 Å². The van der Waals surface area contributed by atoms with Crippen molar-refractivity contribution < 1.29 is 24.6 Å². The monoisotopic (exact) mass is 491 g/mol. The summed E-state index contributed by atoms with van der Waals surface area (Å²) >= 11 is 7.02. The first-order chi connectivity index (χ1) is 16.3. The molecule has 1 amide bonds. The van der Waals surface area contributed by atoms with Crippen LogP contribution in [0.1, 0.15) is 27.5 Å². The normalized spacial score (nSPS) is 17.4. The maximum atomic E-state index is 13.2. The third-order valence-electron chi connectivity index (χ3n) is 5.39. The number of halogens is 1. The molecule has 2 aromatic heterocycles. The zero-order valence-electron chi connectivity index (χ0n) is 17.2. The van der Waals surface area contributed by atoms with Gasteiger partial charge in [-0.15, -0.1) is 0 Å². The fraction of sp³-hybridized carbons (Fsp3) is 0.0417. The highest BCUT2D eigenvalue weighted by Crippen LogP contribution is 2.44. The number of hydrogen-bond acceptors (Lipinski definition) is 7. The number of rotatable bonds is 4. The van der Waals surface area contributed by atoms with Gasteiger partial charge in [-0.3, -0.25) is 19.5 Å². The van der Waals surface area contributed by atoms with E-state index in [0.29, 0.717) is 26.4 Å². The number of thiazole rings is 1. The molecule has 10 heteroatoms. The quantitative estimate of drug-likeness (QED) is 0.242. The molecule has 2 N–H and O–H groups in total. The molecule has 4 aromatic rings. The molecule has 1 saturated heterocycles. The van der Waals surface area contributed by atoms with Crippen molar-refractivity contribution in [3.05, 3.63) is 94.3 Å². The van der Waals surface area contributed by atoms with Crippen molar-refractivity contribution in [1.29, 1.82) is 0 Å². The lowest BCUT2D eigenvalue weighted by molar-refractivity contribution is -0.132. The number of carboxylic acid groups (broad SMARTS) is 1. The van der Waals surface area contributed by atoms with Crippen molar-refractivity contribution in [2.24, 2.45) is 0 Å². The highest BCUT2D eigenvalue weighted by molar-refractivity contribution is 7.22. The molecular formula is C24H14ClN3O5S. The Hall–Kier alpha value is -4.08. The molecule has 1 aliphatic rings. The second kappa shape index (κ2) is 8.36. The maximum absolute atomic E-state index is 13.2. The average molecular weight is 492 g/mol. The lowest BCUT2D eigenvalue weighted by Gasteiger charge is -2.22. The summed E-state index contributed by atoms with van der Waals surface area (Å²) in [6.45, 7) is 0. The minimum Gasteiger partial charge on any atom is -0.507 e. The first-order valence-corrected chi connectivity index (χ1v) is 11.2. The molecular weight excluding hydrogens is 478 g/mol. The SMILES string of the molecule is O=C1C(=O)N(c2nc3ccc(C(=O)O)cc3s2)C(c2cccnc2)/C1=C(\O)c1ccc(Cl)cc1. The third kappa shape index (κ3) is 3.60. The van der Waals surface area contributed by atoms with Crippen LogP contribution in [0.2, 0.25) is 5.02 Å². The summed E-state index contributed by atoms with van der Waals surface area (Å²) in [6.07, 6.45) is 3.06. The van der Waals surface area contributed by atoms with Crippen molar-refractivity contribution in [1.82, 2.24) is 9.97 Å². The number of aliphatic hydroxyl groups is 1. The van der Waals surface area contributed by atoms with E-state index in [1.165, 1.54) is 23.2 Å². The predicted octanol–water partition coefficient (Wildman–Crippen LogP) is 4.67. The van der Waals surface area contributed by atoms with Gasteiger partial charge in [0.05, 0.1) is 27.4 Å². The van der Waals surface area contributed by atoms with E-state index in [-0.39, 0.29) is 22.0 Å². The third-order valence-corrected chi connectivity index (χ3v) is 6.66. The molecule has 2 aromatic carbocycles. The molecule has 5 rings (SSSR count). The molecule has 1 atom stereocenters. The topological polar surface area (TPSA) is 121 Å². The van der Waals surface area contributed by atoms with Gasteiger partial charge in [0.25, 0.3) is 5.78 Å². The number of pyridine rings is 1. The Balaban J connectivity index is 1.70. The summed E-state index contributed by atoms with van der Waals surface area (Å²) < 4.78 is 0.541. The van der Waals surface area contributed by atoms with Gasteiger partial charge in [-0.2, -0.15) is 0 Å². The van der Waals surface area contributed by atoms with Crippen LogP contribution in [-0.2, 0) is 9.59 Å². The number of benzene rings is 2. The first kappa shape index (κ1) is 21.7. The van der Waals surface area contributed by atoms with E-state index < -0.39 is 23.7 Å². The number of carbonyl (C=O) groups is 3. The van der Waals surface area contributed by atoms with Crippen LogP contribution in [0.25, 0.3) is 16.0 Å². The van der Waals surface area contributed by atoms with E-state index in [1.54, 1.807) is 48.7 Å². The Morgan fingerprint density at radius 3 is 2.44 bits per heavy atom. The van der Waals surface area contributed by atoms with Crippen LogP contribution in [0, 0.1) is 0 Å². The summed E-state index contributed by atoms with van der Waals surface area (Å²) in [5.74, 6) is -3.16. The fourth-order valence-electron chi connectivity index (χ4n) is 3.79. The van der Waals surface area contributed by atoms with Gasteiger partial charge in [0, 0.05) is 23.0 Å². The number of Topliss-reactive ketones (excluding diaryl/α,β-unsaturated/α-hetero) is 1. The van der Waals surface area contributed by atoms with Crippen molar-refractivity contribution >= 4 is 61.7 Å². The van der Waals surface area contributed by atoms with Gasteiger partial charge in [-0.1, -0.05) is 29.0 Å². The number of amides is 1.